The van der Waals surface area contributed by atoms with Gasteiger partial charge in [0.2, 0.25) is 0 Å². The van der Waals surface area contributed by atoms with Crippen molar-refractivity contribution in [2.24, 2.45) is 5.92 Å². The predicted octanol–water partition coefficient (Wildman–Crippen LogP) is 6.95. The molecule has 46 heavy (non-hydrogen) atoms. The third-order valence-electron chi connectivity index (χ3n) is 8.80. The summed E-state index contributed by atoms with van der Waals surface area (Å²) < 4.78 is 6.17. The van der Waals surface area contributed by atoms with Gasteiger partial charge in [-0.25, -0.2) is 0 Å². The molecule has 0 radical (unpaired) electrons. The highest BCUT2D eigenvalue weighted by atomic mass is 35.5. The van der Waals surface area contributed by atoms with Crippen molar-refractivity contribution >= 4 is 17.5 Å². The molecular weight excluding hydrogens is 594 g/mol. The summed E-state index contributed by atoms with van der Waals surface area (Å²) >= 11 is 6.57. The molecule has 0 spiro atoms. The maximum atomic E-state index is 13.7. The lowest BCUT2D eigenvalue weighted by Crippen LogP contribution is -2.44. The Morgan fingerprint density at radius 2 is 1.80 bits per heavy atom. The van der Waals surface area contributed by atoms with Crippen molar-refractivity contribution in [1.29, 1.82) is 5.26 Å². The van der Waals surface area contributed by atoms with E-state index in [-0.39, 0.29) is 18.0 Å². The summed E-state index contributed by atoms with van der Waals surface area (Å²) in [6.45, 7) is 8.51. The summed E-state index contributed by atoms with van der Waals surface area (Å²) in [6, 6.07) is 27.5. The zero-order valence-electron chi connectivity index (χ0n) is 26.7. The van der Waals surface area contributed by atoms with Crippen LogP contribution in [0.1, 0.15) is 70.6 Å². The van der Waals surface area contributed by atoms with Crippen molar-refractivity contribution in [3.8, 4) is 17.4 Å². The van der Waals surface area contributed by atoms with E-state index in [4.69, 9.17) is 16.0 Å². The van der Waals surface area contributed by atoms with Gasteiger partial charge in [0.25, 0.3) is 5.91 Å². The Labute approximate surface area is 277 Å². The molecule has 0 bridgehead atoms. The van der Waals surface area contributed by atoms with Gasteiger partial charge in [-0.15, -0.1) is 0 Å². The van der Waals surface area contributed by atoms with Crippen LogP contribution >= 0.6 is 11.6 Å². The molecule has 1 amide bonds. The molecule has 0 aliphatic carbocycles. The standard InChI is InChI=1S/C38H44ClN5O2/c1-26-3-9-31(10-4-26)27(2)43-25-34-12-14-37(46-34)32-11-13-36(39)35(22-32)38(45)44-33(21-29-5-7-30(23-40)8-6-29)24-42-20-17-28-15-18-41-19-16-28/h3-14,22,27-28,33,41-43H,15-21,24-25H2,1-2H3,(H,44,45). The maximum Gasteiger partial charge on any atom is 0.253 e. The summed E-state index contributed by atoms with van der Waals surface area (Å²) in [5.74, 6) is 1.99. The number of aryl methyl sites for hydroxylation is 1. The molecule has 1 aliphatic heterocycles. The monoisotopic (exact) mass is 637 g/mol. The minimum absolute atomic E-state index is 0.162. The number of furan rings is 1. The van der Waals surface area contributed by atoms with Gasteiger partial charge in [0.05, 0.1) is 28.8 Å². The number of rotatable bonds is 14. The molecule has 5 rings (SSSR count). The van der Waals surface area contributed by atoms with E-state index in [0.717, 1.165) is 48.9 Å². The molecule has 8 heteroatoms. The Kier molecular flexibility index (Phi) is 12.0. The van der Waals surface area contributed by atoms with Crippen LogP contribution in [-0.4, -0.2) is 38.1 Å². The number of halogens is 1. The number of nitriles is 1. The second-order valence-electron chi connectivity index (χ2n) is 12.3. The molecule has 3 aromatic carbocycles. The zero-order valence-corrected chi connectivity index (χ0v) is 27.5. The molecule has 2 heterocycles. The third-order valence-corrected chi connectivity index (χ3v) is 9.13. The van der Waals surface area contributed by atoms with Gasteiger partial charge in [-0.2, -0.15) is 5.26 Å². The van der Waals surface area contributed by atoms with E-state index in [1.54, 1.807) is 12.1 Å². The van der Waals surface area contributed by atoms with E-state index in [1.165, 1.54) is 24.0 Å². The van der Waals surface area contributed by atoms with E-state index >= 15 is 0 Å². The summed E-state index contributed by atoms with van der Waals surface area (Å²) in [5.41, 5.74) is 5.33. The SMILES string of the molecule is Cc1ccc(C(C)NCc2ccc(-c3ccc(Cl)c(C(=O)NC(CNCCC4CCNCC4)Cc4ccc(C#N)cc4)c3)o2)cc1. The van der Waals surface area contributed by atoms with E-state index in [0.29, 0.717) is 41.4 Å². The smallest absolute Gasteiger partial charge is 0.253 e. The number of piperidine rings is 1. The molecule has 0 saturated carbocycles. The first kappa shape index (κ1) is 33.4. The van der Waals surface area contributed by atoms with Crippen LogP contribution in [0.25, 0.3) is 11.3 Å². The second kappa shape index (κ2) is 16.6. The molecule has 1 aliphatic rings. The van der Waals surface area contributed by atoms with Gasteiger partial charge in [0, 0.05) is 24.2 Å². The molecule has 1 aromatic heterocycles. The maximum absolute atomic E-state index is 13.7. The summed E-state index contributed by atoms with van der Waals surface area (Å²) in [6.07, 6.45) is 4.17. The zero-order chi connectivity index (χ0) is 32.3. The quantitative estimate of drug-likeness (QED) is 0.112. The van der Waals surface area contributed by atoms with Gasteiger partial charge in [-0.05, 0) is 119 Å². The Morgan fingerprint density at radius 3 is 2.54 bits per heavy atom. The lowest BCUT2D eigenvalue weighted by atomic mass is 9.95. The molecule has 240 valence electrons. The number of amides is 1. The van der Waals surface area contributed by atoms with Crippen LogP contribution in [0.15, 0.2) is 83.3 Å². The fourth-order valence-corrected chi connectivity index (χ4v) is 6.10. The van der Waals surface area contributed by atoms with Crippen LogP contribution in [-0.2, 0) is 13.0 Å². The van der Waals surface area contributed by atoms with Gasteiger partial charge >= 0.3 is 0 Å². The highest BCUT2D eigenvalue weighted by Gasteiger charge is 2.19. The Hall–Kier alpha value is -3.93. The summed E-state index contributed by atoms with van der Waals surface area (Å²) in [5, 5.41) is 23.3. The molecule has 2 atom stereocenters. The van der Waals surface area contributed by atoms with E-state index in [2.05, 4.69) is 65.4 Å². The van der Waals surface area contributed by atoms with Gasteiger partial charge in [0.15, 0.2) is 0 Å². The van der Waals surface area contributed by atoms with Crippen molar-refractivity contribution in [2.45, 2.75) is 58.2 Å². The predicted molar refractivity (Wildman–Crippen MR) is 185 cm³/mol. The minimum atomic E-state index is -0.231. The van der Waals surface area contributed by atoms with Gasteiger partial charge in [-0.1, -0.05) is 53.6 Å². The first-order valence-corrected chi connectivity index (χ1v) is 16.7. The van der Waals surface area contributed by atoms with E-state index < -0.39 is 0 Å². The minimum Gasteiger partial charge on any atom is -0.460 e. The number of benzene rings is 3. The fraction of sp³-hybridized carbons (Fsp3) is 0.368. The lowest BCUT2D eigenvalue weighted by Gasteiger charge is -2.24. The topological polar surface area (TPSA) is 102 Å². The third kappa shape index (κ3) is 9.54. The molecule has 4 N–H and O–H groups in total. The van der Waals surface area contributed by atoms with Gasteiger partial charge < -0.3 is 25.7 Å². The van der Waals surface area contributed by atoms with Crippen LogP contribution in [0.4, 0.5) is 0 Å². The first-order chi connectivity index (χ1) is 22.4. The van der Waals surface area contributed by atoms with E-state index in [1.807, 2.05) is 42.5 Å². The molecule has 4 aromatic rings. The molecule has 7 nitrogen and oxygen atoms in total. The van der Waals surface area contributed by atoms with Crippen LogP contribution in [0.5, 0.6) is 0 Å². The van der Waals surface area contributed by atoms with Gasteiger partial charge in [0.1, 0.15) is 11.5 Å². The van der Waals surface area contributed by atoms with Crippen LogP contribution in [0, 0.1) is 24.2 Å². The Bertz CT molecular complexity index is 1600. The largest absolute Gasteiger partial charge is 0.460 e. The number of hydrogen-bond donors (Lipinski definition) is 4. The highest BCUT2D eigenvalue weighted by Crippen LogP contribution is 2.28. The summed E-state index contributed by atoms with van der Waals surface area (Å²) in [4.78, 5) is 13.7. The second-order valence-corrected chi connectivity index (χ2v) is 12.8. The number of hydrogen-bond acceptors (Lipinski definition) is 6. The van der Waals surface area contributed by atoms with Crippen molar-refractivity contribution in [3.63, 3.8) is 0 Å². The van der Waals surface area contributed by atoms with Crippen LogP contribution < -0.4 is 21.3 Å². The van der Waals surface area contributed by atoms with Crippen LogP contribution in [0.2, 0.25) is 5.02 Å². The number of carbonyl (C=O) groups excluding carboxylic acids is 1. The number of nitrogens with one attached hydrogen (secondary N) is 4. The van der Waals surface area contributed by atoms with Crippen molar-refractivity contribution < 1.29 is 9.21 Å². The first-order valence-electron chi connectivity index (χ1n) is 16.3. The Morgan fingerprint density at radius 1 is 1.04 bits per heavy atom. The number of nitrogens with zero attached hydrogens (tertiary/aromatic N) is 1. The lowest BCUT2D eigenvalue weighted by molar-refractivity contribution is 0.0936. The average molecular weight is 638 g/mol. The summed E-state index contributed by atoms with van der Waals surface area (Å²) in [7, 11) is 0. The van der Waals surface area contributed by atoms with Crippen molar-refractivity contribution in [3.05, 3.63) is 117 Å². The normalized spacial score (nSPS) is 14.8. The molecule has 1 saturated heterocycles. The van der Waals surface area contributed by atoms with Crippen molar-refractivity contribution in [2.75, 3.05) is 26.2 Å². The van der Waals surface area contributed by atoms with Crippen molar-refractivity contribution in [1.82, 2.24) is 21.3 Å². The number of carbonyl (C=O) groups is 1. The fourth-order valence-electron chi connectivity index (χ4n) is 5.90. The molecule has 2 unspecified atom stereocenters. The molecule has 1 fully saturated rings. The molecular formula is C38H44ClN5O2. The van der Waals surface area contributed by atoms with E-state index in [9.17, 15) is 10.1 Å². The average Bonchev–Trinajstić information content (AvgIpc) is 3.56. The highest BCUT2D eigenvalue weighted by molar-refractivity contribution is 6.34. The van der Waals surface area contributed by atoms with Crippen LogP contribution in [0.3, 0.4) is 0 Å². The Balaban J connectivity index is 1.22. The van der Waals surface area contributed by atoms with Gasteiger partial charge in [-0.3, -0.25) is 4.79 Å².